The van der Waals surface area contributed by atoms with Crippen molar-refractivity contribution in [2.24, 2.45) is 23.7 Å². The highest BCUT2D eigenvalue weighted by atomic mass is 33.3. The summed E-state index contributed by atoms with van der Waals surface area (Å²) in [5.41, 5.74) is 0. The maximum Gasteiger partial charge on any atom is 0.118 e. The van der Waals surface area contributed by atoms with Gasteiger partial charge in [0.25, 0.3) is 0 Å². The predicted octanol–water partition coefficient (Wildman–Crippen LogP) is 5.26. The van der Waals surface area contributed by atoms with Crippen LogP contribution in [0.2, 0.25) is 0 Å². The largest absolute Gasteiger partial charge is 0.497 e. The minimum absolute atomic E-state index is 0.503. The first-order valence-corrected chi connectivity index (χ1v) is 13.9. The van der Waals surface area contributed by atoms with Crippen molar-refractivity contribution in [2.45, 2.75) is 36.2 Å². The van der Waals surface area contributed by atoms with E-state index >= 15 is 0 Å². The van der Waals surface area contributed by atoms with Crippen molar-refractivity contribution in [3.05, 3.63) is 24.3 Å². The molecule has 118 valence electrons. The number of hydrogen-bond donors (Lipinski definition) is 0. The van der Waals surface area contributed by atoms with Crippen LogP contribution in [0.4, 0.5) is 0 Å². The molecule has 0 radical (unpaired) electrons. The van der Waals surface area contributed by atoms with Crippen molar-refractivity contribution >= 4 is 44.3 Å². The molecule has 1 saturated heterocycles. The van der Waals surface area contributed by atoms with Crippen LogP contribution in [0.25, 0.3) is 0 Å². The fourth-order valence-electron chi connectivity index (χ4n) is 5.39. The van der Waals surface area contributed by atoms with Crippen LogP contribution in [-0.2, 0) is 11.8 Å². The lowest BCUT2D eigenvalue weighted by Crippen LogP contribution is -2.56. The highest BCUT2D eigenvalue weighted by molar-refractivity contribution is 9.11. The van der Waals surface area contributed by atoms with Crippen molar-refractivity contribution in [1.82, 2.24) is 0 Å². The maximum absolute atomic E-state index is 6.15. The van der Waals surface area contributed by atoms with Gasteiger partial charge in [-0.1, -0.05) is 34.6 Å². The molecule has 1 heterocycles. The van der Waals surface area contributed by atoms with Gasteiger partial charge in [0.15, 0.2) is 0 Å². The van der Waals surface area contributed by atoms with E-state index in [1.807, 2.05) is 0 Å². The lowest BCUT2D eigenvalue weighted by Gasteiger charge is -2.66. The first-order valence-electron chi connectivity index (χ1n) is 8.27. The molecule has 22 heavy (non-hydrogen) atoms. The van der Waals surface area contributed by atoms with Crippen LogP contribution in [0.5, 0.6) is 5.75 Å². The molecule has 4 aliphatic carbocycles. The second kappa shape index (κ2) is 4.94. The summed E-state index contributed by atoms with van der Waals surface area (Å²) >= 11 is 10.6. The average Bonchev–Trinajstić information content (AvgIpc) is 2.49. The summed E-state index contributed by atoms with van der Waals surface area (Å²) in [6.07, 6.45) is 7.50. The summed E-state index contributed by atoms with van der Waals surface area (Å²) in [5.74, 6) is 4.94. The van der Waals surface area contributed by atoms with Crippen LogP contribution < -0.4 is 10.0 Å². The van der Waals surface area contributed by atoms with Gasteiger partial charge < -0.3 is 4.74 Å². The first-order chi connectivity index (χ1) is 10.6. The molecular formula is C17H21OPS3. The van der Waals surface area contributed by atoms with E-state index in [-0.39, 0.29) is 0 Å². The van der Waals surface area contributed by atoms with Crippen molar-refractivity contribution in [2.75, 3.05) is 7.11 Å². The molecule has 1 aromatic carbocycles. The molecule has 5 aliphatic rings. The third-order valence-corrected chi connectivity index (χ3v) is 18.6. The van der Waals surface area contributed by atoms with Gasteiger partial charge in [-0.05, 0) is 80.0 Å². The smallest absolute Gasteiger partial charge is 0.118 e. The summed E-state index contributed by atoms with van der Waals surface area (Å²) in [4.78, 5) is 0. The average molecular weight is 369 g/mol. The molecule has 0 atom stereocenters. The number of methoxy groups -OCH3 is 1. The van der Waals surface area contributed by atoms with Gasteiger partial charge in [0.1, 0.15) is 5.75 Å². The Morgan fingerprint density at radius 2 is 1.55 bits per heavy atom. The van der Waals surface area contributed by atoms with Gasteiger partial charge in [-0.15, -0.1) is 0 Å². The Bertz CT molecular complexity index is 616. The van der Waals surface area contributed by atoms with E-state index in [1.54, 1.807) is 7.11 Å². The lowest BCUT2D eigenvalue weighted by molar-refractivity contribution is 0.0159. The number of ether oxygens (including phenoxy) is 1. The summed E-state index contributed by atoms with van der Waals surface area (Å²) in [6.45, 7) is 0. The monoisotopic (exact) mass is 368 g/mol. The molecular weight excluding hydrogens is 347 g/mol. The van der Waals surface area contributed by atoms with E-state index in [9.17, 15) is 0 Å². The minimum Gasteiger partial charge on any atom is -0.497 e. The maximum atomic E-state index is 6.15. The van der Waals surface area contributed by atoms with Crippen molar-refractivity contribution < 1.29 is 4.74 Å². The molecule has 4 saturated carbocycles. The van der Waals surface area contributed by atoms with Gasteiger partial charge in [0, 0.05) is 5.30 Å². The predicted molar refractivity (Wildman–Crippen MR) is 102 cm³/mol. The molecule has 1 aromatic rings. The molecule has 4 bridgehead atoms. The summed E-state index contributed by atoms with van der Waals surface area (Å²) < 4.78 is 4.33. The van der Waals surface area contributed by atoms with E-state index in [4.69, 9.17) is 16.5 Å². The molecule has 5 fully saturated rings. The third kappa shape index (κ3) is 1.96. The molecule has 1 nitrogen and oxygen atoms in total. The van der Waals surface area contributed by atoms with Crippen LogP contribution in [-0.4, -0.2) is 11.2 Å². The van der Waals surface area contributed by atoms with E-state index in [1.165, 1.54) is 37.4 Å². The highest BCUT2D eigenvalue weighted by Gasteiger charge is 2.66. The Morgan fingerprint density at radius 1 is 1.00 bits per heavy atom. The van der Waals surface area contributed by atoms with Crippen molar-refractivity contribution in [3.8, 4) is 5.75 Å². The molecule has 5 heteroatoms. The molecule has 0 N–H and O–H groups in total. The third-order valence-electron chi connectivity index (χ3n) is 6.19. The standard InChI is InChI=1S/C17H21OPS3/c1-18-15-2-4-16(5-3-15)19(20)21-17(22-19)13-7-11-6-12(9-13)10-14(17)8-11/h2-5,11-14H,6-10H2,1H3. The fraction of sp³-hybridized carbons (Fsp3) is 0.647. The van der Waals surface area contributed by atoms with Crippen LogP contribution in [0.1, 0.15) is 32.1 Å². The van der Waals surface area contributed by atoms with Crippen LogP contribution in [0, 0.1) is 23.7 Å². The summed E-state index contributed by atoms with van der Waals surface area (Å²) in [6, 6.07) is 8.57. The zero-order valence-electron chi connectivity index (χ0n) is 12.7. The quantitative estimate of drug-likeness (QED) is 0.658. The highest BCUT2D eigenvalue weighted by Crippen LogP contribution is 2.93. The number of benzene rings is 1. The normalized spacial score (nSPS) is 48.4. The molecule has 1 spiro atoms. The Hall–Kier alpha value is 0.370. The topological polar surface area (TPSA) is 9.23 Å². The fourth-order valence-corrected chi connectivity index (χ4v) is 20.7. The van der Waals surface area contributed by atoms with Gasteiger partial charge in [-0.3, -0.25) is 0 Å². The van der Waals surface area contributed by atoms with Gasteiger partial charge in [-0.2, -0.15) is 0 Å². The van der Waals surface area contributed by atoms with Gasteiger partial charge in [-0.25, -0.2) is 0 Å². The Kier molecular flexibility index (Phi) is 3.30. The van der Waals surface area contributed by atoms with Gasteiger partial charge in [0.05, 0.1) is 15.6 Å². The van der Waals surface area contributed by atoms with E-state index < -0.39 is 4.44 Å². The van der Waals surface area contributed by atoms with Crippen molar-refractivity contribution in [1.29, 1.82) is 0 Å². The second-order valence-corrected chi connectivity index (χ2v) is 19.0. The minimum atomic E-state index is -1.46. The first kappa shape index (κ1) is 14.7. The molecule has 6 rings (SSSR count). The Morgan fingerprint density at radius 3 is 2.05 bits per heavy atom. The zero-order chi connectivity index (χ0) is 14.9. The Labute approximate surface area is 145 Å². The second-order valence-electron chi connectivity index (χ2n) is 7.40. The van der Waals surface area contributed by atoms with Crippen molar-refractivity contribution in [3.63, 3.8) is 0 Å². The van der Waals surface area contributed by atoms with Gasteiger partial charge in [0.2, 0.25) is 0 Å². The van der Waals surface area contributed by atoms with E-state index in [0.717, 1.165) is 29.4 Å². The van der Waals surface area contributed by atoms with Crippen LogP contribution in [0.3, 0.4) is 0 Å². The lowest BCUT2D eigenvalue weighted by atomic mass is 9.56. The van der Waals surface area contributed by atoms with Gasteiger partial charge >= 0.3 is 0 Å². The molecule has 0 aromatic heterocycles. The Balaban J connectivity index is 1.42. The van der Waals surface area contributed by atoms with E-state index in [0.29, 0.717) is 4.08 Å². The number of rotatable bonds is 2. The molecule has 0 unspecified atom stereocenters. The van der Waals surface area contributed by atoms with E-state index in [2.05, 4.69) is 47.0 Å². The SMILES string of the molecule is COc1ccc(P2(=S)SC3(S2)C2CC4CC(C2)CC3C4)cc1. The molecule has 1 aliphatic heterocycles. The van der Waals surface area contributed by atoms with Crippen LogP contribution >= 0.6 is 27.2 Å². The summed E-state index contributed by atoms with van der Waals surface area (Å²) in [7, 11) is 1.73. The zero-order valence-corrected chi connectivity index (χ0v) is 16.1. The van der Waals surface area contributed by atoms with Crippen LogP contribution in [0.15, 0.2) is 24.3 Å². The summed E-state index contributed by atoms with van der Waals surface area (Å²) in [5, 5.41) is 1.39. The molecule has 0 amide bonds. The number of hydrogen-bond acceptors (Lipinski definition) is 4.